The van der Waals surface area contributed by atoms with Crippen LogP contribution in [0.2, 0.25) is 0 Å². The molecule has 0 aliphatic carbocycles. The smallest absolute Gasteiger partial charge is 0.417 e. The minimum atomic E-state index is -1.15. The first kappa shape index (κ1) is 23.2. The molecule has 0 saturated carbocycles. The quantitative estimate of drug-likeness (QED) is 0.539. The number of halogens is 1. The minimum absolute atomic E-state index is 0.140. The van der Waals surface area contributed by atoms with E-state index in [1.54, 1.807) is 52.1 Å². The number of hydrogen-bond donors (Lipinski definition) is 1. The van der Waals surface area contributed by atoms with Gasteiger partial charge in [-0.1, -0.05) is 19.9 Å². The normalized spacial score (nSPS) is 18.8. The predicted octanol–water partition coefficient (Wildman–Crippen LogP) is 2.28. The molecule has 0 bridgehead atoms. The molecular formula is C22H24FN7O4. The van der Waals surface area contributed by atoms with Crippen LogP contribution in [-0.4, -0.2) is 55.6 Å². The van der Waals surface area contributed by atoms with Crippen LogP contribution in [0.3, 0.4) is 0 Å². The van der Waals surface area contributed by atoms with Crippen LogP contribution in [0, 0.1) is 11.7 Å². The van der Waals surface area contributed by atoms with Gasteiger partial charge in [-0.3, -0.25) is 14.7 Å². The zero-order valence-electron chi connectivity index (χ0n) is 19.0. The first-order chi connectivity index (χ1) is 16.2. The van der Waals surface area contributed by atoms with Crippen LogP contribution >= 0.6 is 0 Å². The number of aryl methyl sites for hydroxylation is 1. The lowest BCUT2D eigenvalue weighted by Gasteiger charge is -2.22. The Morgan fingerprint density at radius 1 is 1.26 bits per heavy atom. The van der Waals surface area contributed by atoms with Crippen molar-refractivity contribution in [3.8, 4) is 22.6 Å². The summed E-state index contributed by atoms with van der Waals surface area (Å²) in [4.78, 5) is 30.2. The van der Waals surface area contributed by atoms with Crippen LogP contribution in [0.5, 0.6) is 0 Å². The Balaban J connectivity index is 1.52. The molecule has 1 aliphatic rings. The van der Waals surface area contributed by atoms with E-state index in [1.807, 2.05) is 0 Å². The Labute approximate surface area is 194 Å². The Kier molecular flexibility index (Phi) is 6.24. The fraction of sp³-hybridized carbons (Fsp3) is 0.364. The molecule has 1 amide bonds. The van der Waals surface area contributed by atoms with Gasteiger partial charge in [-0.15, -0.1) is 5.10 Å². The summed E-state index contributed by atoms with van der Waals surface area (Å²) in [6.45, 7) is 5.20. The van der Waals surface area contributed by atoms with Crippen LogP contribution in [0.15, 0.2) is 36.5 Å². The number of ether oxygens (including phenoxy) is 2. The number of benzene rings is 1. The molecule has 11 nitrogen and oxygen atoms in total. The van der Waals surface area contributed by atoms with Gasteiger partial charge in [-0.25, -0.2) is 13.9 Å². The van der Waals surface area contributed by atoms with Crippen molar-refractivity contribution in [3.63, 3.8) is 0 Å². The minimum Gasteiger partial charge on any atom is -0.422 e. The molecular weight excluding hydrogens is 445 g/mol. The number of nitrogens with zero attached hydrogens (tertiary/aromatic N) is 6. The van der Waals surface area contributed by atoms with Crippen molar-refractivity contribution in [2.75, 3.05) is 4.90 Å². The van der Waals surface area contributed by atoms with Gasteiger partial charge in [0, 0.05) is 24.4 Å². The van der Waals surface area contributed by atoms with Crippen LogP contribution in [0.25, 0.3) is 22.6 Å². The highest BCUT2D eigenvalue weighted by molar-refractivity contribution is 5.91. The Bertz CT molecular complexity index is 1210. The monoisotopic (exact) mass is 469 g/mol. The maximum absolute atomic E-state index is 15.0. The van der Waals surface area contributed by atoms with E-state index in [0.29, 0.717) is 22.6 Å². The van der Waals surface area contributed by atoms with Gasteiger partial charge in [0.2, 0.25) is 0 Å². The van der Waals surface area contributed by atoms with E-state index in [1.165, 1.54) is 21.8 Å². The highest BCUT2D eigenvalue weighted by Crippen LogP contribution is 2.32. The molecule has 1 fully saturated rings. The lowest BCUT2D eigenvalue weighted by Crippen LogP contribution is -2.42. The number of amides is 1. The summed E-state index contributed by atoms with van der Waals surface area (Å²) in [5, 5.41) is 11.2. The topological polar surface area (TPSA) is 138 Å². The van der Waals surface area contributed by atoms with Crippen LogP contribution in [0.4, 0.5) is 14.9 Å². The molecule has 3 aromatic rings. The number of esters is 1. The van der Waals surface area contributed by atoms with E-state index in [-0.39, 0.29) is 11.6 Å². The van der Waals surface area contributed by atoms with E-state index in [9.17, 15) is 9.59 Å². The summed E-state index contributed by atoms with van der Waals surface area (Å²) >= 11 is 0. The summed E-state index contributed by atoms with van der Waals surface area (Å²) in [5.41, 5.74) is 7.44. The van der Waals surface area contributed by atoms with E-state index in [2.05, 4.69) is 20.5 Å². The number of cyclic esters (lactones) is 1. The van der Waals surface area contributed by atoms with Crippen molar-refractivity contribution in [2.24, 2.45) is 18.7 Å². The molecule has 0 spiro atoms. The number of rotatable bonds is 6. The van der Waals surface area contributed by atoms with Gasteiger partial charge in [0.25, 0.3) is 6.29 Å². The third kappa shape index (κ3) is 4.31. The number of anilines is 1. The van der Waals surface area contributed by atoms with Gasteiger partial charge < -0.3 is 15.2 Å². The summed E-state index contributed by atoms with van der Waals surface area (Å²) in [7, 11) is 1.69. The molecule has 34 heavy (non-hydrogen) atoms. The van der Waals surface area contributed by atoms with Crippen LogP contribution in [-0.2, 0) is 21.3 Å². The molecule has 4 rings (SSSR count). The number of aromatic nitrogens is 5. The number of hydrogen-bond acceptors (Lipinski definition) is 9. The van der Waals surface area contributed by atoms with Crippen molar-refractivity contribution in [1.29, 1.82) is 0 Å². The molecule has 2 N–H and O–H groups in total. The van der Waals surface area contributed by atoms with Crippen molar-refractivity contribution < 1.29 is 23.5 Å². The van der Waals surface area contributed by atoms with Gasteiger partial charge >= 0.3 is 12.1 Å². The number of carbonyl (C=O) groups is 2. The molecule has 1 aromatic carbocycles. The van der Waals surface area contributed by atoms with Crippen molar-refractivity contribution in [1.82, 2.24) is 25.2 Å². The van der Waals surface area contributed by atoms with Gasteiger partial charge in [-0.05, 0) is 47.5 Å². The molecule has 1 unspecified atom stereocenters. The third-order valence-electron chi connectivity index (χ3n) is 5.59. The van der Waals surface area contributed by atoms with Gasteiger partial charge in [0.1, 0.15) is 23.6 Å². The molecule has 3 atom stereocenters. The van der Waals surface area contributed by atoms with E-state index in [4.69, 9.17) is 15.2 Å². The standard InChI is InChI=1S/C22H24FN7O4/c1-11(2)18(24)20(31)33-21-12(3)30(22(32)34-21)14-6-7-15(16(23)9-14)13-5-8-17(25-10-13)19-26-27-28-29(19)4/h5-12,18,21H,24H2,1-4H3/t12-,18+,21?/m1/s1. The average Bonchev–Trinajstić information content (AvgIpc) is 3.35. The Hall–Kier alpha value is -3.93. The summed E-state index contributed by atoms with van der Waals surface area (Å²) < 4.78 is 27.0. The number of tetrazole rings is 1. The van der Waals surface area contributed by atoms with Gasteiger partial charge in [0.05, 0.1) is 5.69 Å². The number of nitrogens with two attached hydrogens (primary N) is 1. The molecule has 178 valence electrons. The van der Waals surface area contributed by atoms with Crippen molar-refractivity contribution >= 4 is 17.7 Å². The lowest BCUT2D eigenvalue weighted by molar-refractivity contribution is -0.167. The molecule has 2 aromatic heterocycles. The number of pyridine rings is 1. The Morgan fingerprint density at radius 3 is 2.62 bits per heavy atom. The third-order valence-corrected chi connectivity index (χ3v) is 5.59. The lowest BCUT2D eigenvalue weighted by atomic mass is 10.1. The van der Waals surface area contributed by atoms with E-state index in [0.717, 1.165) is 0 Å². The average molecular weight is 469 g/mol. The van der Waals surface area contributed by atoms with Gasteiger partial charge in [-0.2, -0.15) is 0 Å². The second-order valence-corrected chi connectivity index (χ2v) is 8.29. The first-order valence-corrected chi connectivity index (χ1v) is 10.6. The van der Waals surface area contributed by atoms with Crippen molar-refractivity contribution in [3.05, 3.63) is 42.3 Å². The summed E-state index contributed by atoms with van der Waals surface area (Å²) in [6, 6.07) is 6.21. The molecule has 3 heterocycles. The van der Waals surface area contributed by atoms with Crippen molar-refractivity contribution in [2.45, 2.75) is 39.1 Å². The zero-order valence-corrected chi connectivity index (χ0v) is 19.0. The van der Waals surface area contributed by atoms with E-state index < -0.39 is 36.3 Å². The van der Waals surface area contributed by atoms with Gasteiger partial charge in [0.15, 0.2) is 5.82 Å². The first-order valence-electron chi connectivity index (χ1n) is 10.6. The maximum atomic E-state index is 15.0. The van der Waals surface area contributed by atoms with Crippen LogP contribution < -0.4 is 10.6 Å². The maximum Gasteiger partial charge on any atom is 0.417 e. The second kappa shape index (κ2) is 9.14. The number of carbonyl (C=O) groups excluding carboxylic acids is 2. The molecule has 1 aliphatic heterocycles. The summed E-state index contributed by atoms with van der Waals surface area (Å²) in [6.07, 6.45) is -0.388. The predicted molar refractivity (Wildman–Crippen MR) is 119 cm³/mol. The highest BCUT2D eigenvalue weighted by atomic mass is 19.1. The zero-order chi connectivity index (χ0) is 24.6. The SMILES string of the molecule is CC(C)[C@H](N)C(=O)OC1OC(=O)N(c2ccc(-c3ccc(-c4nnnn4C)nc3)c(F)c2)[C@@H]1C. The molecule has 1 saturated heterocycles. The highest BCUT2D eigenvalue weighted by Gasteiger charge is 2.43. The largest absolute Gasteiger partial charge is 0.422 e. The van der Waals surface area contributed by atoms with E-state index >= 15 is 4.39 Å². The molecule has 12 heteroatoms. The Morgan fingerprint density at radius 2 is 2.03 bits per heavy atom. The van der Waals surface area contributed by atoms with Crippen LogP contribution in [0.1, 0.15) is 20.8 Å². The summed E-state index contributed by atoms with van der Waals surface area (Å²) in [5.74, 6) is -0.891. The second-order valence-electron chi connectivity index (χ2n) is 8.29. The molecule has 0 radical (unpaired) electrons. The fourth-order valence-electron chi connectivity index (χ4n) is 3.49. The fourth-order valence-corrected chi connectivity index (χ4v) is 3.49.